The standard InChI is InChI=1S/C24H20N2.C18H14BrN.C18H15N.C6H7N.C4H8O2.BHNS/c1-4-10-20(11-5-1)25-21-16-18-24(19-17-21)26(22-12-6-2-7-13-22)23-14-8-3-9-15-23;19-15-11-13-18(14-12-15)20(16-7-3-1-4-8-16)17-9-5-2-6-10-17;1-4-10-16(11-5-1)19(17-12-6-2-7-13-17)18-14-8-3-9-15-18;7-6-4-2-1-3-5-6;1-3-6-4(2)5;1-2-3/h1-19,25H;1-14H;1-15H;1-5H,7H2;3H2,1-2H3;3H. The average molecular weight is 1150 g/mol. The summed E-state index contributed by atoms with van der Waals surface area (Å²) in [6, 6.07) is 109. The minimum Gasteiger partial charge on any atom is -0.356 e. The first-order valence-electron chi connectivity index (χ1n) is 26.2. The number of benzene rings is 11. The van der Waals surface area contributed by atoms with E-state index in [0.29, 0.717) is 6.61 Å². The van der Waals surface area contributed by atoms with E-state index in [4.69, 9.17) is 5.73 Å². The van der Waals surface area contributed by atoms with Gasteiger partial charge in [-0.25, -0.2) is 0 Å². The third kappa shape index (κ3) is 21.1. The van der Waals surface area contributed by atoms with E-state index < -0.39 is 0 Å². The Labute approximate surface area is 493 Å². The normalized spacial score (nSPS) is 9.67. The fourth-order valence-electron chi connectivity index (χ4n) is 8.01. The van der Waals surface area contributed by atoms with Gasteiger partial charge in [-0.3, -0.25) is 4.79 Å². The number of anilines is 12. The summed E-state index contributed by atoms with van der Waals surface area (Å²) in [7, 11) is 4.34. The van der Waals surface area contributed by atoms with Gasteiger partial charge in [0.15, 0.2) is 0 Å². The Morgan fingerprint density at radius 2 is 0.617 bits per heavy atom. The molecule has 0 aromatic heterocycles. The summed E-state index contributed by atoms with van der Waals surface area (Å²) in [5, 5.41) is 3.43. The van der Waals surface area contributed by atoms with Gasteiger partial charge in [-0.1, -0.05) is 180 Å². The molecule has 11 aromatic rings. The Hall–Kier alpha value is -9.42. The van der Waals surface area contributed by atoms with Crippen molar-refractivity contribution in [1.82, 2.24) is 0 Å². The molecule has 0 saturated carbocycles. The van der Waals surface area contributed by atoms with Crippen molar-refractivity contribution in [1.29, 1.82) is 0 Å². The molecule has 0 aliphatic rings. The maximum atomic E-state index is 9.82. The van der Waals surface area contributed by atoms with Gasteiger partial charge < -0.3 is 30.5 Å². The monoisotopic (exact) mass is 1140 g/mol. The summed E-state index contributed by atoms with van der Waals surface area (Å²) >= 11 is 6.68. The molecule has 11 heteroatoms. The van der Waals surface area contributed by atoms with Crippen molar-refractivity contribution >= 4 is 111 Å². The molecule has 1 radical (unpaired) electrons. The van der Waals surface area contributed by atoms with E-state index in [2.05, 4.69) is 296 Å². The summed E-state index contributed by atoms with van der Waals surface area (Å²) in [6.45, 7) is 3.65. The molecule has 11 rings (SSSR count). The third-order valence-electron chi connectivity index (χ3n) is 11.5. The van der Waals surface area contributed by atoms with Crippen molar-refractivity contribution < 1.29 is 9.53 Å². The number of carbonyl (C=O) groups excluding carboxylic acids is 1. The second kappa shape index (κ2) is 35.2. The van der Waals surface area contributed by atoms with E-state index in [0.717, 1.165) is 55.7 Å². The van der Waals surface area contributed by atoms with Crippen LogP contribution in [0.3, 0.4) is 0 Å². The number of halogens is 1. The van der Waals surface area contributed by atoms with Crippen LogP contribution in [-0.2, 0) is 9.53 Å². The maximum Gasteiger partial charge on any atom is 0.0463 e. The van der Waals surface area contributed by atoms with Crippen LogP contribution in [0.5, 0.6) is 0 Å². The molecule has 0 bridgehead atoms. The van der Waals surface area contributed by atoms with Gasteiger partial charge in [0.25, 0.3) is 0 Å². The third-order valence-corrected chi connectivity index (χ3v) is 12.0. The number of thiol groups is 1. The zero-order chi connectivity index (χ0) is 57.1. The zero-order valence-corrected chi connectivity index (χ0v) is 47.9. The fraction of sp³-hybridized carbons (Fsp3) is 0.0429. The largest absolute Gasteiger partial charge is 0.356 e. The van der Waals surface area contributed by atoms with Gasteiger partial charge in [0.1, 0.15) is 0 Å². The number of nitrogen functional groups attached to an aromatic ring is 1. The molecule has 403 valence electrons. The van der Waals surface area contributed by atoms with E-state index in [1.807, 2.05) is 91.0 Å². The molecule has 0 saturated heterocycles. The van der Waals surface area contributed by atoms with Gasteiger partial charge in [0.2, 0.25) is 0 Å². The van der Waals surface area contributed by atoms with Crippen molar-refractivity contribution in [2.24, 2.45) is 4.30 Å². The van der Waals surface area contributed by atoms with Crippen LogP contribution in [0.15, 0.2) is 330 Å². The second-order valence-corrected chi connectivity index (χ2v) is 18.5. The average Bonchev–Trinajstić information content (AvgIpc) is 3.53. The first-order chi connectivity index (χ1) is 39.8. The molecule has 0 spiro atoms. The van der Waals surface area contributed by atoms with Gasteiger partial charge >= 0.3 is 30.7 Å². The fourth-order valence-corrected chi connectivity index (χ4v) is 8.27. The Morgan fingerprint density at radius 1 is 0.407 bits per heavy atom. The topological polar surface area (TPSA) is 86.4 Å². The molecule has 8 nitrogen and oxygen atoms in total. The van der Waals surface area contributed by atoms with Crippen LogP contribution in [0, 0.1) is 0 Å². The molecule has 0 amide bonds. The second-order valence-electron chi connectivity index (χ2n) is 17.3. The summed E-state index contributed by atoms with van der Waals surface area (Å²) < 4.78 is 8.18. The molecule has 0 aliphatic carbocycles. The molecular formula is C70H65BBrN6O2S. The van der Waals surface area contributed by atoms with Crippen molar-refractivity contribution in [2.45, 2.75) is 13.8 Å². The Kier molecular flexibility index (Phi) is 26.4. The quantitative estimate of drug-likeness (QED) is 0.0486. The summed E-state index contributed by atoms with van der Waals surface area (Å²) in [5.41, 5.74) is 18.7. The van der Waals surface area contributed by atoms with Gasteiger partial charge in [-0.2, -0.15) is 0 Å². The smallest absolute Gasteiger partial charge is 0.0463 e. The first kappa shape index (κ1) is 60.8. The van der Waals surface area contributed by atoms with Crippen molar-refractivity contribution in [3.05, 3.63) is 326 Å². The van der Waals surface area contributed by atoms with Crippen LogP contribution in [0.25, 0.3) is 0 Å². The zero-order valence-electron chi connectivity index (χ0n) is 45.4. The van der Waals surface area contributed by atoms with Gasteiger partial charge in [0, 0.05) is 79.6 Å². The maximum absolute atomic E-state index is 9.82. The van der Waals surface area contributed by atoms with Crippen LogP contribution < -0.4 is 25.8 Å². The summed E-state index contributed by atoms with van der Waals surface area (Å²) in [4.78, 5) is 16.6. The van der Waals surface area contributed by atoms with E-state index in [1.165, 1.54) is 24.0 Å². The summed E-state index contributed by atoms with van der Waals surface area (Å²) in [6.07, 6.45) is 0. The molecule has 81 heavy (non-hydrogen) atoms. The van der Waals surface area contributed by atoms with Crippen molar-refractivity contribution in [3.63, 3.8) is 0 Å². The van der Waals surface area contributed by atoms with Crippen LogP contribution in [0.1, 0.15) is 13.8 Å². The molecule has 0 atom stereocenters. The van der Waals surface area contributed by atoms with E-state index in [-0.39, 0.29) is 5.97 Å². The molecule has 0 aliphatic heterocycles. The van der Waals surface area contributed by atoms with Crippen LogP contribution in [-0.4, -0.2) is 20.2 Å². The van der Waals surface area contributed by atoms with Crippen LogP contribution in [0.4, 0.5) is 68.2 Å². The van der Waals surface area contributed by atoms with E-state index in [9.17, 15) is 4.79 Å². The SMILES string of the molecule is Brc1ccc(N(c2ccccc2)c2ccccc2)cc1.CCOC(C)=O.Nc1ccccc1.[B]=NS.c1ccc(N(c2ccccc2)c2ccccc2)cc1.c1ccc(Nc2ccc(N(c3ccccc3)c3ccccc3)cc2)cc1. The minimum atomic E-state index is -0.211. The Bertz CT molecular complexity index is 3230. The number of para-hydroxylation sites is 9. The minimum absolute atomic E-state index is 0.211. The number of nitrogens with zero attached hydrogens (tertiary/aromatic N) is 4. The van der Waals surface area contributed by atoms with Gasteiger partial charge in [-0.15, -0.1) is 0 Å². The number of nitrogens with two attached hydrogens (primary N) is 1. The van der Waals surface area contributed by atoms with Crippen LogP contribution >= 0.6 is 28.7 Å². The molecule has 0 unspecified atom stereocenters. The molecule has 11 aromatic carbocycles. The van der Waals surface area contributed by atoms with Crippen LogP contribution in [0.2, 0.25) is 0 Å². The molecule has 0 fully saturated rings. The van der Waals surface area contributed by atoms with Gasteiger partial charge in [0.05, 0.1) is 6.61 Å². The Balaban J connectivity index is 0.000000174. The number of hydrogen-bond acceptors (Lipinski definition) is 9. The molecule has 0 heterocycles. The number of hydrogen-bond donors (Lipinski definition) is 3. The number of carbonyl (C=O) groups is 1. The number of esters is 1. The molecule has 3 N–H and O–H groups in total. The van der Waals surface area contributed by atoms with Gasteiger partial charge in [-0.05, 0) is 165 Å². The summed E-state index contributed by atoms with van der Waals surface area (Å²) in [5.74, 6) is -0.211. The van der Waals surface area contributed by atoms with Crippen molar-refractivity contribution in [3.8, 4) is 0 Å². The van der Waals surface area contributed by atoms with E-state index >= 15 is 0 Å². The Morgan fingerprint density at radius 3 is 0.827 bits per heavy atom. The predicted octanol–water partition coefficient (Wildman–Crippen LogP) is 20.0. The number of rotatable bonds is 12. The van der Waals surface area contributed by atoms with Crippen molar-refractivity contribution in [2.75, 3.05) is 32.4 Å². The molecular weight excluding hydrogens is 1080 g/mol. The number of ether oxygens (including phenoxy) is 1. The predicted molar refractivity (Wildman–Crippen MR) is 351 cm³/mol. The first-order valence-corrected chi connectivity index (χ1v) is 27.4. The number of nitrogens with one attached hydrogen (secondary N) is 1. The van der Waals surface area contributed by atoms with E-state index in [1.54, 1.807) is 6.92 Å².